The van der Waals surface area contributed by atoms with Crippen LogP contribution in [0.15, 0.2) is 18.5 Å². The summed E-state index contributed by atoms with van der Waals surface area (Å²) in [5.41, 5.74) is 0.217. The molecule has 1 N–H and O–H groups in total. The summed E-state index contributed by atoms with van der Waals surface area (Å²) in [4.78, 5) is 17.1. The minimum absolute atomic E-state index is 0.136. The van der Waals surface area contributed by atoms with Crippen molar-refractivity contribution in [2.75, 3.05) is 13.1 Å². The van der Waals surface area contributed by atoms with E-state index in [1.165, 1.54) is 23.4 Å². The maximum atomic E-state index is 11.9. The molecule has 0 aliphatic rings. The van der Waals surface area contributed by atoms with Crippen LogP contribution in [0.5, 0.6) is 5.75 Å². The van der Waals surface area contributed by atoms with Gasteiger partial charge >= 0.3 is 0 Å². The van der Waals surface area contributed by atoms with Crippen molar-refractivity contribution in [2.45, 2.75) is 13.3 Å². The Hall–Kier alpha value is -2.09. The molecule has 16 heavy (non-hydrogen) atoms. The van der Waals surface area contributed by atoms with E-state index in [1.807, 2.05) is 13.0 Å². The number of hydrogen-bond donors (Lipinski definition) is 1. The molecule has 0 aromatic carbocycles. The van der Waals surface area contributed by atoms with Gasteiger partial charge in [-0.05, 0) is 13.0 Å². The normalized spacial score (nSPS) is 9.50. The summed E-state index contributed by atoms with van der Waals surface area (Å²) in [6.07, 6.45) is 2.96. The van der Waals surface area contributed by atoms with E-state index in [9.17, 15) is 9.90 Å². The van der Waals surface area contributed by atoms with E-state index in [0.717, 1.165) is 0 Å². The van der Waals surface area contributed by atoms with Gasteiger partial charge in [-0.25, -0.2) is 0 Å². The Balaban J connectivity index is 2.84. The van der Waals surface area contributed by atoms with E-state index < -0.39 is 0 Å². The highest BCUT2D eigenvalue weighted by molar-refractivity contribution is 5.96. The van der Waals surface area contributed by atoms with Crippen LogP contribution in [0.1, 0.15) is 23.7 Å². The van der Waals surface area contributed by atoms with Crippen molar-refractivity contribution in [3.63, 3.8) is 0 Å². The van der Waals surface area contributed by atoms with Crippen molar-refractivity contribution >= 4 is 5.91 Å². The van der Waals surface area contributed by atoms with Crippen LogP contribution in [0, 0.1) is 11.3 Å². The monoisotopic (exact) mass is 219 g/mol. The summed E-state index contributed by atoms with van der Waals surface area (Å²) in [6, 6.07) is 3.45. The molecule has 0 fully saturated rings. The van der Waals surface area contributed by atoms with Crippen molar-refractivity contribution in [3.05, 3.63) is 24.0 Å². The second kappa shape index (κ2) is 5.71. The Morgan fingerprint density at radius 2 is 2.44 bits per heavy atom. The number of nitrogens with zero attached hydrogens (tertiary/aromatic N) is 3. The fourth-order valence-electron chi connectivity index (χ4n) is 1.33. The lowest BCUT2D eigenvalue weighted by atomic mass is 10.2. The van der Waals surface area contributed by atoms with E-state index in [1.54, 1.807) is 0 Å². The maximum absolute atomic E-state index is 11.9. The standard InChI is InChI=1S/C11H13N3O2/c1-2-14(7-3-5-12)11(16)9-4-6-13-8-10(9)15/h4,6,8,15H,2-3,7H2,1H3. The highest BCUT2D eigenvalue weighted by Crippen LogP contribution is 2.16. The number of amides is 1. The van der Waals surface area contributed by atoms with Gasteiger partial charge in [-0.1, -0.05) is 0 Å². The Morgan fingerprint density at radius 1 is 1.69 bits per heavy atom. The average Bonchev–Trinajstić information content (AvgIpc) is 2.30. The smallest absolute Gasteiger partial charge is 0.257 e. The molecule has 5 heteroatoms. The summed E-state index contributed by atoms with van der Waals surface area (Å²) < 4.78 is 0. The summed E-state index contributed by atoms with van der Waals surface area (Å²) in [5, 5.41) is 17.9. The summed E-state index contributed by atoms with van der Waals surface area (Å²) >= 11 is 0. The summed E-state index contributed by atoms with van der Waals surface area (Å²) in [7, 11) is 0. The Labute approximate surface area is 93.9 Å². The zero-order valence-electron chi connectivity index (χ0n) is 9.05. The average molecular weight is 219 g/mol. The minimum Gasteiger partial charge on any atom is -0.505 e. The molecule has 1 heterocycles. The van der Waals surface area contributed by atoms with Crippen molar-refractivity contribution in [2.24, 2.45) is 0 Å². The lowest BCUT2D eigenvalue weighted by Crippen LogP contribution is -2.31. The third-order valence-corrected chi connectivity index (χ3v) is 2.19. The van der Waals surface area contributed by atoms with Crippen molar-refractivity contribution in [1.29, 1.82) is 5.26 Å². The highest BCUT2D eigenvalue weighted by Gasteiger charge is 2.16. The molecule has 0 saturated carbocycles. The van der Waals surface area contributed by atoms with Gasteiger partial charge in [-0.3, -0.25) is 9.78 Å². The largest absolute Gasteiger partial charge is 0.505 e. The SMILES string of the molecule is CCN(CCC#N)C(=O)c1ccncc1O. The number of carbonyl (C=O) groups excluding carboxylic acids is 1. The molecule has 1 aromatic rings. The zero-order chi connectivity index (χ0) is 12.0. The number of aromatic nitrogens is 1. The van der Waals surface area contributed by atoms with Gasteiger partial charge in [0.15, 0.2) is 0 Å². The minimum atomic E-state index is -0.280. The summed E-state index contributed by atoms with van der Waals surface area (Å²) in [5.74, 6) is -0.416. The highest BCUT2D eigenvalue weighted by atomic mass is 16.3. The molecule has 5 nitrogen and oxygen atoms in total. The number of rotatable bonds is 4. The predicted octanol–water partition coefficient (Wildman–Crippen LogP) is 1.16. The molecular weight excluding hydrogens is 206 g/mol. The van der Waals surface area contributed by atoms with Gasteiger partial charge in [0.2, 0.25) is 0 Å². The number of nitriles is 1. The first-order valence-electron chi connectivity index (χ1n) is 5.00. The molecule has 0 bridgehead atoms. The number of aromatic hydroxyl groups is 1. The van der Waals surface area contributed by atoms with Crippen LogP contribution in [-0.2, 0) is 0 Å². The number of pyridine rings is 1. The van der Waals surface area contributed by atoms with Crippen LogP contribution < -0.4 is 0 Å². The Morgan fingerprint density at radius 3 is 3.00 bits per heavy atom. The Bertz CT molecular complexity index is 412. The first-order valence-corrected chi connectivity index (χ1v) is 5.00. The van der Waals surface area contributed by atoms with Gasteiger partial charge in [-0.15, -0.1) is 0 Å². The molecule has 0 spiro atoms. The van der Waals surface area contributed by atoms with Gasteiger partial charge in [-0.2, -0.15) is 5.26 Å². The van der Waals surface area contributed by atoms with Crippen LogP contribution in [0.4, 0.5) is 0 Å². The predicted molar refractivity (Wildman–Crippen MR) is 57.7 cm³/mol. The molecule has 1 rings (SSSR count). The third-order valence-electron chi connectivity index (χ3n) is 2.19. The van der Waals surface area contributed by atoms with Gasteiger partial charge in [0, 0.05) is 19.3 Å². The van der Waals surface area contributed by atoms with Gasteiger partial charge in [0.25, 0.3) is 5.91 Å². The molecule has 0 atom stereocenters. The van der Waals surface area contributed by atoms with E-state index in [0.29, 0.717) is 13.1 Å². The molecule has 1 amide bonds. The molecule has 0 unspecified atom stereocenters. The second-order valence-corrected chi connectivity index (χ2v) is 3.19. The maximum Gasteiger partial charge on any atom is 0.257 e. The quantitative estimate of drug-likeness (QED) is 0.824. The molecule has 0 aliphatic carbocycles. The lowest BCUT2D eigenvalue weighted by molar-refractivity contribution is 0.0764. The molecule has 0 radical (unpaired) electrons. The first kappa shape index (κ1) is 12.0. The van der Waals surface area contributed by atoms with E-state index >= 15 is 0 Å². The van der Waals surface area contributed by atoms with E-state index in [2.05, 4.69) is 4.98 Å². The van der Waals surface area contributed by atoms with Crippen LogP contribution in [0.2, 0.25) is 0 Å². The van der Waals surface area contributed by atoms with Gasteiger partial charge < -0.3 is 10.0 Å². The van der Waals surface area contributed by atoms with Crippen molar-refractivity contribution in [3.8, 4) is 11.8 Å². The molecule has 84 valence electrons. The molecule has 1 aromatic heterocycles. The fourth-order valence-corrected chi connectivity index (χ4v) is 1.33. The molecule has 0 saturated heterocycles. The number of carbonyl (C=O) groups is 1. The zero-order valence-corrected chi connectivity index (χ0v) is 9.05. The van der Waals surface area contributed by atoms with Crippen molar-refractivity contribution in [1.82, 2.24) is 9.88 Å². The van der Waals surface area contributed by atoms with Crippen LogP contribution in [0.3, 0.4) is 0 Å². The van der Waals surface area contributed by atoms with Gasteiger partial charge in [0.1, 0.15) is 5.75 Å². The Kier molecular flexibility index (Phi) is 4.28. The molecular formula is C11H13N3O2. The van der Waals surface area contributed by atoms with Gasteiger partial charge in [0.05, 0.1) is 24.3 Å². The number of hydrogen-bond acceptors (Lipinski definition) is 4. The van der Waals surface area contributed by atoms with Crippen LogP contribution in [-0.4, -0.2) is 34.0 Å². The fraction of sp³-hybridized carbons (Fsp3) is 0.364. The van der Waals surface area contributed by atoms with Crippen molar-refractivity contribution < 1.29 is 9.90 Å². The third kappa shape index (κ3) is 2.70. The van der Waals surface area contributed by atoms with Crippen LogP contribution in [0.25, 0.3) is 0 Å². The van der Waals surface area contributed by atoms with Crippen LogP contribution >= 0.6 is 0 Å². The summed E-state index contributed by atoms with van der Waals surface area (Å²) in [6.45, 7) is 2.70. The second-order valence-electron chi connectivity index (χ2n) is 3.19. The lowest BCUT2D eigenvalue weighted by Gasteiger charge is -2.19. The first-order chi connectivity index (χ1) is 7.70. The molecule has 0 aliphatic heterocycles. The topological polar surface area (TPSA) is 77.2 Å². The van der Waals surface area contributed by atoms with E-state index in [-0.39, 0.29) is 23.6 Å². The van der Waals surface area contributed by atoms with E-state index in [4.69, 9.17) is 5.26 Å².